The van der Waals surface area contributed by atoms with Gasteiger partial charge in [-0.25, -0.2) is 4.98 Å². The standard InChI is InChI=1S/C19H18F3N3O4/c1-12(13-2-4-15(5-3-13)29-19(20,21)22)24-17(26)9-25-11-23-8-16(18(25)27)14-6-7-28-10-14/h2-6,8,11-12H,7,9-10H2,1H3,(H,24,26)/t12-/m0/s1. The van der Waals surface area contributed by atoms with Gasteiger partial charge in [-0.1, -0.05) is 18.2 Å². The molecule has 154 valence electrons. The Morgan fingerprint density at radius 2 is 2.07 bits per heavy atom. The first-order valence-electron chi connectivity index (χ1n) is 8.69. The number of rotatable bonds is 6. The van der Waals surface area contributed by atoms with E-state index in [1.165, 1.54) is 41.4 Å². The number of hydrogen-bond donors (Lipinski definition) is 1. The number of carbonyl (C=O) groups excluding carboxylic acids is 1. The Morgan fingerprint density at radius 1 is 1.34 bits per heavy atom. The molecule has 0 saturated carbocycles. The van der Waals surface area contributed by atoms with E-state index in [1.807, 2.05) is 0 Å². The first-order chi connectivity index (χ1) is 13.7. The molecular weight excluding hydrogens is 391 g/mol. The number of nitrogens with one attached hydrogen (secondary N) is 1. The Balaban J connectivity index is 1.63. The summed E-state index contributed by atoms with van der Waals surface area (Å²) in [6.45, 7) is 2.18. The second-order valence-electron chi connectivity index (χ2n) is 6.39. The lowest BCUT2D eigenvalue weighted by atomic mass is 10.1. The third-order valence-electron chi connectivity index (χ3n) is 4.26. The van der Waals surface area contributed by atoms with E-state index < -0.39 is 18.3 Å². The van der Waals surface area contributed by atoms with E-state index in [-0.39, 0.29) is 17.9 Å². The average molecular weight is 409 g/mol. The second kappa shape index (κ2) is 8.48. The highest BCUT2D eigenvalue weighted by atomic mass is 19.4. The Labute approximate surface area is 163 Å². The lowest BCUT2D eigenvalue weighted by Gasteiger charge is -2.16. The molecule has 29 heavy (non-hydrogen) atoms. The molecule has 0 bridgehead atoms. The van der Waals surface area contributed by atoms with Gasteiger partial charge in [-0.2, -0.15) is 0 Å². The van der Waals surface area contributed by atoms with Crippen LogP contribution in [-0.4, -0.2) is 35.0 Å². The molecule has 1 aromatic carbocycles. The molecule has 0 saturated heterocycles. The maximum atomic E-state index is 12.5. The van der Waals surface area contributed by atoms with E-state index in [1.54, 1.807) is 13.0 Å². The first-order valence-corrected chi connectivity index (χ1v) is 8.69. The predicted molar refractivity (Wildman–Crippen MR) is 97.0 cm³/mol. The minimum absolute atomic E-state index is 0.243. The van der Waals surface area contributed by atoms with E-state index in [0.29, 0.717) is 24.3 Å². The van der Waals surface area contributed by atoms with Crippen LogP contribution in [0.1, 0.15) is 24.1 Å². The molecule has 0 unspecified atom stereocenters. The van der Waals surface area contributed by atoms with Crippen molar-refractivity contribution in [1.29, 1.82) is 0 Å². The molecule has 1 amide bonds. The van der Waals surface area contributed by atoms with Crippen molar-refractivity contribution >= 4 is 11.5 Å². The van der Waals surface area contributed by atoms with Gasteiger partial charge in [0.2, 0.25) is 5.91 Å². The molecule has 3 rings (SSSR count). The topological polar surface area (TPSA) is 82.5 Å². The van der Waals surface area contributed by atoms with Crippen LogP contribution in [0.4, 0.5) is 13.2 Å². The highest BCUT2D eigenvalue weighted by Crippen LogP contribution is 2.24. The summed E-state index contributed by atoms with van der Waals surface area (Å²) in [5, 5.41) is 2.70. The number of carbonyl (C=O) groups is 1. The number of alkyl halides is 3. The molecular formula is C19H18F3N3O4. The monoisotopic (exact) mass is 409 g/mol. The third kappa shape index (κ3) is 5.44. The molecule has 10 heteroatoms. The zero-order chi connectivity index (χ0) is 21.0. The van der Waals surface area contributed by atoms with Crippen molar-refractivity contribution in [2.75, 3.05) is 13.2 Å². The van der Waals surface area contributed by atoms with E-state index >= 15 is 0 Å². The van der Waals surface area contributed by atoms with Crippen LogP contribution < -0.4 is 15.6 Å². The van der Waals surface area contributed by atoms with Gasteiger partial charge in [-0.05, 0) is 30.2 Å². The number of ether oxygens (including phenoxy) is 2. The fraction of sp³-hybridized carbons (Fsp3) is 0.316. The van der Waals surface area contributed by atoms with Crippen LogP contribution in [0, 0.1) is 0 Å². The zero-order valence-electron chi connectivity index (χ0n) is 15.4. The molecule has 0 fully saturated rings. The fourth-order valence-electron chi connectivity index (χ4n) is 2.84. The molecule has 1 aromatic heterocycles. The van der Waals surface area contributed by atoms with Crippen molar-refractivity contribution in [1.82, 2.24) is 14.9 Å². The van der Waals surface area contributed by atoms with Crippen LogP contribution in [0.5, 0.6) is 5.75 Å². The summed E-state index contributed by atoms with van der Waals surface area (Å²) in [7, 11) is 0. The molecule has 0 aliphatic carbocycles. The van der Waals surface area contributed by atoms with Crippen LogP contribution in [-0.2, 0) is 16.1 Å². The SMILES string of the molecule is C[C@H](NC(=O)Cn1cncc(C2=CCOC2)c1=O)c1ccc(OC(F)(F)F)cc1. The van der Waals surface area contributed by atoms with Crippen molar-refractivity contribution < 1.29 is 27.4 Å². The zero-order valence-corrected chi connectivity index (χ0v) is 15.4. The molecule has 2 heterocycles. The van der Waals surface area contributed by atoms with Gasteiger partial charge in [0.25, 0.3) is 5.56 Å². The molecule has 2 aromatic rings. The van der Waals surface area contributed by atoms with E-state index in [0.717, 1.165) is 5.57 Å². The molecule has 0 spiro atoms. The van der Waals surface area contributed by atoms with Crippen molar-refractivity contribution in [3.05, 3.63) is 64.3 Å². The van der Waals surface area contributed by atoms with Crippen LogP contribution in [0.25, 0.3) is 5.57 Å². The maximum Gasteiger partial charge on any atom is 0.573 e. The van der Waals surface area contributed by atoms with Gasteiger partial charge in [0, 0.05) is 6.20 Å². The van der Waals surface area contributed by atoms with Crippen LogP contribution in [0.15, 0.2) is 47.7 Å². The van der Waals surface area contributed by atoms with Crippen molar-refractivity contribution in [2.45, 2.75) is 25.9 Å². The quantitative estimate of drug-likeness (QED) is 0.793. The molecule has 1 N–H and O–H groups in total. The van der Waals surface area contributed by atoms with Gasteiger partial charge < -0.3 is 14.8 Å². The Kier molecular flexibility index (Phi) is 6.02. The summed E-state index contributed by atoms with van der Waals surface area (Å²) in [5.74, 6) is -0.787. The molecule has 1 aliphatic heterocycles. The summed E-state index contributed by atoms with van der Waals surface area (Å²) in [6.07, 6.45) is -0.269. The van der Waals surface area contributed by atoms with Gasteiger partial charge in [0.05, 0.1) is 31.1 Å². The van der Waals surface area contributed by atoms with Crippen LogP contribution >= 0.6 is 0 Å². The molecule has 1 aliphatic rings. The summed E-state index contributed by atoms with van der Waals surface area (Å²) in [5.41, 5.74) is 1.34. The summed E-state index contributed by atoms with van der Waals surface area (Å²) < 4.78 is 46.9. The Morgan fingerprint density at radius 3 is 2.69 bits per heavy atom. The van der Waals surface area contributed by atoms with Crippen LogP contribution in [0.3, 0.4) is 0 Å². The second-order valence-corrected chi connectivity index (χ2v) is 6.39. The molecule has 0 radical (unpaired) electrons. The van der Waals surface area contributed by atoms with E-state index in [2.05, 4.69) is 15.0 Å². The highest BCUT2D eigenvalue weighted by Gasteiger charge is 2.31. The van der Waals surface area contributed by atoms with Gasteiger partial charge in [-0.15, -0.1) is 13.2 Å². The van der Waals surface area contributed by atoms with Crippen molar-refractivity contribution in [3.8, 4) is 5.75 Å². The summed E-state index contributed by atoms with van der Waals surface area (Å²) in [6, 6.07) is 4.70. The number of hydrogen-bond acceptors (Lipinski definition) is 5. The Bertz CT molecular complexity index is 968. The lowest BCUT2D eigenvalue weighted by molar-refractivity contribution is -0.274. The van der Waals surface area contributed by atoms with Crippen LogP contribution in [0.2, 0.25) is 0 Å². The third-order valence-corrected chi connectivity index (χ3v) is 4.26. The largest absolute Gasteiger partial charge is 0.573 e. The number of aromatic nitrogens is 2. The minimum Gasteiger partial charge on any atom is -0.406 e. The average Bonchev–Trinajstić information content (AvgIpc) is 3.17. The number of amides is 1. The summed E-state index contributed by atoms with van der Waals surface area (Å²) >= 11 is 0. The van der Waals surface area contributed by atoms with Gasteiger partial charge >= 0.3 is 6.36 Å². The van der Waals surface area contributed by atoms with Gasteiger partial charge in [-0.3, -0.25) is 14.2 Å². The summed E-state index contributed by atoms with van der Waals surface area (Å²) in [4.78, 5) is 28.9. The van der Waals surface area contributed by atoms with Gasteiger partial charge in [0.15, 0.2) is 0 Å². The van der Waals surface area contributed by atoms with Gasteiger partial charge in [0.1, 0.15) is 12.3 Å². The number of nitrogens with zero attached hydrogens (tertiary/aromatic N) is 2. The number of halogens is 3. The van der Waals surface area contributed by atoms with Crippen molar-refractivity contribution in [3.63, 3.8) is 0 Å². The van der Waals surface area contributed by atoms with Crippen molar-refractivity contribution in [2.24, 2.45) is 0 Å². The lowest BCUT2D eigenvalue weighted by Crippen LogP contribution is -2.34. The fourth-order valence-corrected chi connectivity index (χ4v) is 2.84. The van der Waals surface area contributed by atoms with E-state index in [4.69, 9.17) is 4.74 Å². The molecule has 1 atom stereocenters. The number of benzene rings is 1. The first kappa shape index (κ1) is 20.6. The normalized spacial score (nSPS) is 15.0. The molecule has 7 nitrogen and oxygen atoms in total. The van der Waals surface area contributed by atoms with E-state index in [9.17, 15) is 22.8 Å². The highest BCUT2D eigenvalue weighted by molar-refractivity contribution is 5.76. The maximum absolute atomic E-state index is 12.5. The predicted octanol–water partition coefficient (Wildman–Crippen LogP) is 2.43. The smallest absolute Gasteiger partial charge is 0.406 e. The minimum atomic E-state index is -4.77. The Hall–Kier alpha value is -3.14.